The molecule has 0 saturated carbocycles. The summed E-state index contributed by atoms with van der Waals surface area (Å²) in [7, 11) is 4.46. The van der Waals surface area contributed by atoms with Crippen molar-refractivity contribution in [3.63, 3.8) is 0 Å². The molecule has 1 amide bonds. The first-order chi connectivity index (χ1) is 13.3. The van der Waals surface area contributed by atoms with Crippen LogP contribution in [0.2, 0.25) is 5.28 Å². The second-order valence-electron chi connectivity index (χ2n) is 6.29. The van der Waals surface area contributed by atoms with E-state index >= 15 is 0 Å². The largest absolute Gasteiger partial charge is 0.497 e. The van der Waals surface area contributed by atoms with E-state index in [-0.39, 0.29) is 28.9 Å². The lowest BCUT2D eigenvalue weighted by molar-refractivity contribution is -0.121. The number of ether oxygens (including phenoxy) is 1. The Bertz CT molecular complexity index is 1140. The average molecular weight is 406 g/mol. The number of nitrogens with one attached hydrogen (secondary N) is 1. The van der Waals surface area contributed by atoms with Crippen LogP contribution in [-0.4, -0.2) is 38.2 Å². The molecule has 28 heavy (non-hydrogen) atoms. The zero-order valence-electron chi connectivity index (χ0n) is 15.7. The van der Waals surface area contributed by atoms with E-state index in [0.717, 1.165) is 15.9 Å². The number of carbonyl (C=O) groups is 1. The Hall–Kier alpha value is -3.07. The Balaban J connectivity index is 1.73. The predicted octanol–water partition coefficient (Wildman–Crippen LogP) is 0.455. The van der Waals surface area contributed by atoms with E-state index in [0.29, 0.717) is 13.0 Å². The van der Waals surface area contributed by atoms with Gasteiger partial charge in [-0.2, -0.15) is 4.98 Å². The number of methoxy groups -OCH3 is 1. The lowest BCUT2D eigenvalue weighted by Gasteiger charge is -2.09. The van der Waals surface area contributed by atoms with E-state index in [1.807, 2.05) is 24.3 Å². The third-order valence-electron chi connectivity index (χ3n) is 4.50. The van der Waals surface area contributed by atoms with Crippen molar-refractivity contribution < 1.29 is 9.53 Å². The van der Waals surface area contributed by atoms with Gasteiger partial charge < -0.3 is 10.1 Å². The monoisotopic (exact) mass is 405 g/mol. The van der Waals surface area contributed by atoms with E-state index in [1.54, 1.807) is 7.11 Å². The van der Waals surface area contributed by atoms with Crippen LogP contribution in [0, 0.1) is 0 Å². The molecule has 0 radical (unpaired) electrons. The fourth-order valence-corrected chi connectivity index (χ4v) is 3.13. The van der Waals surface area contributed by atoms with Crippen LogP contribution in [0.1, 0.15) is 5.56 Å². The molecular weight excluding hydrogens is 386 g/mol. The van der Waals surface area contributed by atoms with Crippen LogP contribution in [0.4, 0.5) is 0 Å². The highest BCUT2D eigenvalue weighted by Crippen LogP contribution is 2.15. The van der Waals surface area contributed by atoms with Gasteiger partial charge in [0.1, 0.15) is 12.3 Å². The Kier molecular flexibility index (Phi) is 5.55. The lowest BCUT2D eigenvalue weighted by Crippen LogP contribution is -2.38. The Morgan fingerprint density at radius 3 is 2.50 bits per heavy atom. The number of hydrogen-bond acceptors (Lipinski definition) is 5. The molecule has 9 nitrogen and oxygen atoms in total. The number of benzene rings is 1. The molecule has 1 aromatic carbocycles. The maximum atomic E-state index is 12.5. The highest BCUT2D eigenvalue weighted by atomic mass is 35.5. The van der Waals surface area contributed by atoms with Crippen LogP contribution in [-0.2, 0) is 31.9 Å². The first kappa shape index (κ1) is 19.7. The molecule has 0 aliphatic carbocycles. The maximum absolute atomic E-state index is 12.5. The Labute approximate surface area is 165 Å². The van der Waals surface area contributed by atoms with Gasteiger partial charge in [-0.05, 0) is 35.7 Å². The molecule has 0 saturated heterocycles. The van der Waals surface area contributed by atoms with Crippen LogP contribution >= 0.6 is 11.6 Å². The van der Waals surface area contributed by atoms with E-state index < -0.39 is 11.2 Å². The minimum absolute atomic E-state index is 0.0291. The smallest absolute Gasteiger partial charge is 0.332 e. The molecule has 3 rings (SSSR count). The number of nitrogens with zero attached hydrogens (tertiary/aromatic N) is 4. The van der Waals surface area contributed by atoms with Gasteiger partial charge in [0, 0.05) is 20.6 Å². The van der Waals surface area contributed by atoms with Crippen LogP contribution in [0.3, 0.4) is 0 Å². The van der Waals surface area contributed by atoms with E-state index in [2.05, 4.69) is 10.3 Å². The maximum Gasteiger partial charge on any atom is 0.332 e. The van der Waals surface area contributed by atoms with Gasteiger partial charge in [-0.25, -0.2) is 4.79 Å². The van der Waals surface area contributed by atoms with Crippen molar-refractivity contribution in [2.45, 2.75) is 13.0 Å². The summed E-state index contributed by atoms with van der Waals surface area (Å²) in [5, 5.41) is 2.77. The summed E-state index contributed by atoms with van der Waals surface area (Å²) in [6.07, 6.45) is 0.643. The van der Waals surface area contributed by atoms with Gasteiger partial charge in [0.15, 0.2) is 11.2 Å². The quantitative estimate of drug-likeness (QED) is 0.600. The molecule has 0 atom stereocenters. The van der Waals surface area contributed by atoms with Crippen molar-refractivity contribution in [2.75, 3.05) is 13.7 Å². The molecule has 0 bridgehead atoms. The number of aromatic nitrogens is 4. The van der Waals surface area contributed by atoms with Gasteiger partial charge in [0.05, 0.1) is 7.11 Å². The molecule has 2 aromatic heterocycles. The second kappa shape index (κ2) is 7.89. The zero-order chi connectivity index (χ0) is 20.4. The van der Waals surface area contributed by atoms with Crippen molar-refractivity contribution in [1.82, 2.24) is 24.0 Å². The molecular formula is C18H20ClN5O4. The van der Waals surface area contributed by atoms with Gasteiger partial charge in [-0.15, -0.1) is 0 Å². The molecule has 2 heterocycles. The van der Waals surface area contributed by atoms with E-state index in [1.165, 1.54) is 23.2 Å². The van der Waals surface area contributed by atoms with Gasteiger partial charge >= 0.3 is 5.69 Å². The summed E-state index contributed by atoms with van der Waals surface area (Å²) in [6.45, 7) is 0.247. The second-order valence-corrected chi connectivity index (χ2v) is 6.63. The first-order valence-corrected chi connectivity index (χ1v) is 8.92. The summed E-state index contributed by atoms with van der Waals surface area (Å²) in [5.74, 6) is 0.455. The van der Waals surface area contributed by atoms with Crippen molar-refractivity contribution in [3.05, 3.63) is 56.0 Å². The summed E-state index contributed by atoms with van der Waals surface area (Å²) >= 11 is 6.12. The SMILES string of the molecule is COc1ccc(CCNC(=O)Cn2c(Cl)nc3c2c(=O)n(C)c(=O)n3C)cc1. The van der Waals surface area contributed by atoms with E-state index in [4.69, 9.17) is 16.3 Å². The number of imidazole rings is 1. The number of carbonyl (C=O) groups excluding carboxylic acids is 1. The predicted molar refractivity (Wildman–Crippen MR) is 105 cm³/mol. The molecule has 148 valence electrons. The number of fused-ring (bicyclic) bond motifs is 1. The molecule has 3 aromatic rings. The van der Waals surface area contributed by atoms with Crippen LogP contribution in [0.25, 0.3) is 11.2 Å². The first-order valence-electron chi connectivity index (χ1n) is 8.55. The van der Waals surface area contributed by atoms with Crippen molar-refractivity contribution in [2.24, 2.45) is 14.1 Å². The summed E-state index contributed by atoms with van der Waals surface area (Å²) in [6, 6.07) is 7.56. The minimum atomic E-state index is -0.552. The van der Waals surface area contributed by atoms with Crippen LogP contribution < -0.4 is 21.3 Å². The van der Waals surface area contributed by atoms with Crippen LogP contribution in [0.15, 0.2) is 33.9 Å². The molecule has 0 spiro atoms. The molecule has 0 aliphatic rings. The van der Waals surface area contributed by atoms with Crippen LogP contribution in [0.5, 0.6) is 5.75 Å². The summed E-state index contributed by atoms with van der Waals surface area (Å²) in [4.78, 5) is 40.9. The number of amides is 1. The minimum Gasteiger partial charge on any atom is -0.497 e. The third kappa shape index (κ3) is 3.65. The Morgan fingerprint density at radius 2 is 1.86 bits per heavy atom. The third-order valence-corrected chi connectivity index (χ3v) is 4.79. The van der Waals surface area contributed by atoms with Gasteiger partial charge in [0.2, 0.25) is 11.2 Å². The topological polar surface area (TPSA) is 100 Å². The molecule has 0 fully saturated rings. The molecule has 0 unspecified atom stereocenters. The summed E-state index contributed by atoms with van der Waals surface area (Å²) < 4.78 is 8.60. The molecule has 10 heteroatoms. The van der Waals surface area contributed by atoms with Crippen molar-refractivity contribution in [1.29, 1.82) is 0 Å². The Morgan fingerprint density at radius 1 is 1.18 bits per heavy atom. The van der Waals surface area contributed by atoms with Crippen molar-refractivity contribution in [3.8, 4) is 5.75 Å². The number of rotatable bonds is 6. The number of halogens is 1. The number of aryl methyl sites for hydroxylation is 1. The van der Waals surface area contributed by atoms with Gasteiger partial charge in [-0.1, -0.05) is 12.1 Å². The summed E-state index contributed by atoms with van der Waals surface area (Å²) in [5.41, 5.74) is 0.242. The van der Waals surface area contributed by atoms with Gasteiger partial charge in [-0.3, -0.25) is 23.3 Å². The zero-order valence-corrected chi connectivity index (χ0v) is 16.5. The van der Waals surface area contributed by atoms with Crippen molar-refractivity contribution >= 4 is 28.7 Å². The highest BCUT2D eigenvalue weighted by molar-refractivity contribution is 6.29. The number of hydrogen-bond donors (Lipinski definition) is 1. The standard InChI is InChI=1S/C18H20ClN5O4/c1-22-15-14(16(26)23(2)18(22)27)24(17(19)21-15)10-13(25)20-9-8-11-4-6-12(28-3)7-5-11/h4-7H,8-10H2,1-3H3,(H,20,25). The molecule has 0 aliphatic heterocycles. The highest BCUT2D eigenvalue weighted by Gasteiger charge is 2.19. The average Bonchev–Trinajstić information content (AvgIpc) is 3.01. The lowest BCUT2D eigenvalue weighted by atomic mass is 10.1. The molecule has 1 N–H and O–H groups in total. The van der Waals surface area contributed by atoms with Gasteiger partial charge in [0.25, 0.3) is 5.56 Å². The fourth-order valence-electron chi connectivity index (χ4n) is 2.90. The van der Waals surface area contributed by atoms with E-state index in [9.17, 15) is 14.4 Å². The normalized spacial score (nSPS) is 11.0. The fraction of sp³-hybridized carbons (Fsp3) is 0.333.